The molecule has 1 aromatic carbocycles. The molecule has 0 bridgehead atoms. The molecule has 0 spiro atoms. The van der Waals surface area contributed by atoms with E-state index in [4.69, 9.17) is 5.73 Å². The van der Waals surface area contributed by atoms with Crippen LogP contribution in [0.5, 0.6) is 0 Å². The predicted octanol–water partition coefficient (Wildman–Crippen LogP) is 5.18. The average Bonchev–Trinajstić information content (AvgIpc) is 2.44. The van der Waals surface area contributed by atoms with Gasteiger partial charge in [0.25, 0.3) is 0 Å². The highest BCUT2D eigenvalue weighted by atomic mass is 14.6. The Labute approximate surface area is 125 Å². The highest BCUT2D eigenvalue weighted by Gasteiger charge is 2.26. The molecule has 2 N–H and O–H groups in total. The molecule has 0 aromatic heterocycles. The zero-order chi connectivity index (χ0) is 14.2. The second-order valence-electron chi connectivity index (χ2n) is 6.51. The molecule has 0 saturated carbocycles. The highest BCUT2D eigenvalue weighted by molar-refractivity contribution is 5.39. The van der Waals surface area contributed by atoms with Crippen molar-refractivity contribution in [3.8, 4) is 0 Å². The van der Waals surface area contributed by atoms with Crippen molar-refractivity contribution in [1.29, 1.82) is 0 Å². The summed E-state index contributed by atoms with van der Waals surface area (Å²) in [6.45, 7) is 2.28. The van der Waals surface area contributed by atoms with Gasteiger partial charge in [0.05, 0.1) is 0 Å². The molecule has 0 radical (unpaired) electrons. The molecule has 1 heteroatoms. The third-order valence-electron chi connectivity index (χ3n) is 4.73. The van der Waals surface area contributed by atoms with Crippen LogP contribution in [0, 0.1) is 0 Å². The highest BCUT2D eigenvalue weighted by Crippen LogP contribution is 2.38. The largest absolute Gasteiger partial charge is 0.328 e. The Morgan fingerprint density at radius 3 is 2.50 bits per heavy atom. The van der Waals surface area contributed by atoms with Gasteiger partial charge in [-0.05, 0) is 36.3 Å². The molecule has 0 heterocycles. The number of hydrogen-bond acceptors (Lipinski definition) is 1. The maximum absolute atomic E-state index is 6.30. The molecule has 1 aliphatic carbocycles. The summed E-state index contributed by atoms with van der Waals surface area (Å²) in [4.78, 5) is 0. The average molecular weight is 273 g/mol. The summed E-state index contributed by atoms with van der Waals surface area (Å²) in [5, 5.41) is 0. The van der Waals surface area contributed by atoms with E-state index in [1.54, 1.807) is 11.1 Å². The van der Waals surface area contributed by atoms with Crippen LogP contribution in [-0.2, 0) is 6.42 Å². The molecule has 2 rings (SSSR count). The molecule has 1 aromatic rings. The standard InChI is InChI=1S/C19H31N/c1-2-3-4-5-6-7-8-12-18(20)15-17-14-16-11-9-10-13-19(16)17/h9-11,13,17-18H,2-8,12,14-15,20H2,1H3. The third-order valence-corrected chi connectivity index (χ3v) is 4.73. The molecular formula is C19H31N. The van der Waals surface area contributed by atoms with Gasteiger partial charge in [-0.15, -0.1) is 0 Å². The lowest BCUT2D eigenvalue weighted by molar-refractivity contribution is 0.447. The Bertz CT molecular complexity index is 385. The van der Waals surface area contributed by atoms with E-state index < -0.39 is 0 Å². The predicted molar refractivity (Wildman–Crippen MR) is 88.1 cm³/mol. The van der Waals surface area contributed by atoms with Crippen molar-refractivity contribution in [1.82, 2.24) is 0 Å². The molecule has 20 heavy (non-hydrogen) atoms. The lowest BCUT2D eigenvalue weighted by atomic mass is 9.74. The van der Waals surface area contributed by atoms with E-state index in [-0.39, 0.29) is 0 Å². The Kier molecular flexibility index (Phi) is 6.59. The summed E-state index contributed by atoms with van der Waals surface area (Å²) in [6, 6.07) is 9.25. The Hall–Kier alpha value is -0.820. The maximum Gasteiger partial charge on any atom is 0.00447 e. The minimum Gasteiger partial charge on any atom is -0.328 e. The van der Waals surface area contributed by atoms with Crippen molar-refractivity contribution in [2.24, 2.45) is 5.73 Å². The Morgan fingerprint density at radius 1 is 1.05 bits per heavy atom. The number of nitrogens with two attached hydrogens (primary N) is 1. The Balaban J connectivity index is 1.53. The second-order valence-corrected chi connectivity index (χ2v) is 6.51. The lowest BCUT2D eigenvalue weighted by Crippen LogP contribution is -2.27. The van der Waals surface area contributed by atoms with E-state index in [1.807, 2.05) is 0 Å². The number of fused-ring (bicyclic) bond motifs is 1. The van der Waals surface area contributed by atoms with Gasteiger partial charge in [0.1, 0.15) is 0 Å². The summed E-state index contributed by atoms with van der Waals surface area (Å²) in [6.07, 6.45) is 13.3. The van der Waals surface area contributed by atoms with Gasteiger partial charge in [0.2, 0.25) is 0 Å². The van der Waals surface area contributed by atoms with Gasteiger partial charge < -0.3 is 5.73 Å². The van der Waals surface area contributed by atoms with Crippen molar-refractivity contribution in [2.45, 2.75) is 83.1 Å². The first kappa shape index (κ1) is 15.6. The number of rotatable bonds is 10. The molecule has 1 aliphatic rings. The van der Waals surface area contributed by atoms with Crippen LogP contribution < -0.4 is 5.73 Å². The van der Waals surface area contributed by atoms with Gasteiger partial charge >= 0.3 is 0 Å². The molecule has 0 amide bonds. The topological polar surface area (TPSA) is 26.0 Å². The van der Waals surface area contributed by atoms with Crippen molar-refractivity contribution >= 4 is 0 Å². The zero-order valence-corrected chi connectivity index (χ0v) is 13.1. The van der Waals surface area contributed by atoms with E-state index in [1.165, 1.54) is 64.2 Å². The summed E-state index contributed by atoms with van der Waals surface area (Å²) in [7, 11) is 0. The van der Waals surface area contributed by atoms with Crippen LogP contribution in [-0.4, -0.2) is 6.04 Å². The molecule has 0 aliphatic heterocycles. The lowest BCUT2D eigenvalue weighted by Gasteiger charge is -2.32. The molecule has 2 unspecified atom stereocenters. The van der Waals surface area contributed by atoms with Gasteiger partial charge in [0, 0.05) is 6.04 Å². The molecule has 2 atom stereocenters. The fraction of sp³-hybridized carbons (Fsp3) is 0.684. The molecular weight excluding hydrogens is 242 g/mol. The van der Waals surface area contributed by atoms with Gasteiger partial charge in [-0.1, -0.05) is 76.1 Å². The number of benzene rings is 1. The fourth-order valence-electron chi connectivity index (χ4n) is 3.42. The Morgan fingerprint density at radius 2 is 1.75 bits per heavy atom. The van der Waals surface area contributed by atoms with Gasteiger partial charge in [-0.2, -0.15) is 0 Å². The van der Waals surface area contributed by atoms with Crippen molar-refractivity contribution in [3.05, 3.63) is 35.4 Å². The van der Waals surface area contributed by atoms with Crippen molar-refractivity contribution in [2.75, 3.05) is 0 Å². The summed E-state index contributed by atoms with van der Waals surface area (Å²) in [5.41, 5.74) is 9.40. The quantitative estimate of drug-likeness (QED) is 0.584. The molecule has 1 nitrogen and oxygen atoms in total. The number of unbranched alkanes of at least 4 members (excludes halogenated alkanes) is 6. The van der Waals surface area contributed by atoms with Crippen LogP contribution in [0.25, 0.3) is 0 Å². The third kappa shape index (κ3) is 4.63. The van der Waals surface area contributed by atoms with Crippen LogP contribution in [0.15, 0.2) is 24.3 Å². The van der Waals surface area contributed by atoms with Gasteiger partial charge in [-0.25, -0.2) is 0 Å². The minimum absolute atomic E-state index is 0.406. The van der Waals surface area contributed by atoms with Crippen molar-refractivity contribution in [3.63, 3.8) is 0 Å². The van der Waals surface area contributed by atoms with Crippen LogP contribution in [0.1, 0.15) is 81.8 Å². The maximum atomic E-state index is 6.30. The summed E-state index contributed by atoms with van der Waals surface area (Å²) < 4.78 is 0. The van der Waals surface area contributed by atoms with Gasteiger partial charge in [-0.3, -0.25) is 0 Å². The summed E-state index contributed by atoms with van der Waals surface area (Å²) >= 11 is 0. The second kappa shape index (κ2) is 8.46. The molecule has 0 saturated heterocycles. The first-order valence-electron chi connectivity index (χ1n) is 8.64. The van der Waals surface area contributed by atoms with E-state index in [0.717, 1.165) is 5.92 Å². The van der Waals surface area contributed by atoms with Crippen molar-refractivity contribution < 1.29 is 0 Å². The fourth-order valence-corrected chi connectivity index (χ4v) is 3.42. The van der Waals surface area contributed by atoms with E-state index in [9.17, 15) is 0 Å². The monoisotopic (exact) mass is 273 g/mol. The molecule has 112 valence electrons. The van der Waals surface area contributed by atoms with E-state index in [0.29, 0.717) is 6.04 Å². The SMILES string of the molecule is CCCCCCCCCC(N)CC1Cc2ccccc21. The van der Waals surface area contributed by atoms with Crippen LogP contribution in [0.2, 0.25) is 0 Å². The smallest absolute Gasteiger partial charge is 0.00447 e. The first-order chi connectivity index (χ1) is 9.81. The van der Waals surface area contributed by atoms with E-state index >= 15 is 0 Å². The normalized spacial score (nSPS) is 18.4. The van der Waals surface area contributed by atoms with Crippen LogP contribution in [0.4, 0.5) is 0 Å². The zero-order valence-electron chi connectivity index (χ0n) is 13.1. The van der Waals surface area contributed by atoms with Crippen LogP contribution >= 0.6 is 0 Å². The number of hydrogen-bond donors (Lipinski definition) is 1. The molecule has 0 fully saturated rings. The summed E-state index contributed by atoms with van der Waals surface area (Å²) in [5.74, 6) is 0.741. The van der Waals surface area contributed by atoms with E-state index in [2.05, 4.69) is 31.2 Å². The van der Waals surface area contributed by atoms with Crippen LogP contribution in [0.3, 0.4) is 0 Å². The minimum atomic E-state index is 0.406. The first-order valence-corrected chi connectivity index (χ1v) is 8.64. The van der Waals surface area contributed by atoms with Gasteiger partial charge in [0.15, 0.2) is 0 Å².